The monoisotopic (exact) mass is 448 g/mol. The summed E-state index contributed by atoms with van der Waals surface area (Å²) in [6, 6.07) is 7.02. The van der Waals surface area contributed by atoms with Crippen molar-refractivity contribution in [2.75, 3.05) is 43.8 Å². The number of hydrogen-bond donors (Lipinski definition) is 1. The van der Waals surface area contributed by atoms with E-state index in [1.54, 1.807) is 47.1 Å². The topological polar surface area (TPSA) is 74.8 Å². The van der Waals surface area contributed by atoms with Gasteiger partial charge in [-0.1, -0.05) is 30.5 Å². The van der Waals surface area contributed by atoms with Gasteiger partial charge in [0.2, 0.25) is 0 Å². The number of ether oxygens (including phenoxy) is 1. The second-order valence-electron chi connectivity index (χ2n) is 6.84. The fourth-order valence-electron chi connectivity index (χ4n) is 3.15. The summed E-state index contributed by atoms with van der Waals surface area (Å²) in [6.07, 6.45) is 4.07. The van der Waals surface area contributed by atoms with E-state index in [4.69, 9.17) is 16.3 Å². The van der Waals surface area contributed by atoms with Gasteiger partial charge in [0.05, 0.1) is 23.4 Å². The highest BCUT2D eigenvalue weighted by Crippen LogP contribution is 2.28. The van der Waals surface area contributed by atoms with Gasteiger partial charge in [0.1, 0.15) is 5.75 Å². The Morgan fingerprint density at radius 2 is 1.77 bits per heavy atom. The van der Waals surface area contributed by atoms with Crippen molar-refractivity contribution in [1.82, 2.24) is 14.8 Å². The zero-order valence-electron chi connectivity index (χ0n) is 17.1. The minimum atomic E-state index is -0.126. The van der Waals surface area contributed by atoms with Gasteiger partial charge in [0.15, 0.2) is 0 Å². The van der Waals surface area contributed by atoms with Crippen molar-refractivity contribution in [3.05, 3.63) is 52.8 Å². The molecule has 0 saturated carbocycles. The number of benzene rings is 1. The number of anilines is 1. The third-order valence-corrected chi connectivity index (χ3v) is 5.93. The molecule has 1 aromatic heterocycles. The summed E-state index contributed by atoms with van der Waals surface area (Å²) in [7, 11) is 1.59. The first-order chi connectivity index (χ1) is 14.5. The van der Waals surface area contributed by atoms with Crippen LogP contribution in [0.2, 0.25) is 5.02 Å². The van der Waals surface area contributed by atoms with Crippen LogP contribution in [0, 0.1) is 0 Å². The van der Waals surface area contributed by atoms with Gasteiger partial charge in [-0.3, -0.25) is 14.6 Å². The van der Waals surface area contributed by atoms with E-state index >= 15 is 0 Å². The highest BCUT2D eigenvalue weighted by Gasteiger charge is 2.26. The first-order valence-corrected chi connectivity index (χ1v) is 11.1. The number of aromatic nitrogens is 1. The molecule has 160 valence electrons. The molecule has 9 heteroatoms. The van der Waals surface area contributed by atoms with E-state index in [0.29, 0.717) is 48.1 Å². The van der Waals surface area contributed by atoms with Crippen LogP contribution in [-0.2, 0) is 0 Å². The number of pyridine rings is 1. The van der Waals surface area contributed by atoms with E-state index in [1.165, 1.54) is 12.4 Å². The fourth-order valence-corrected chi connectivity index (χ4v) is 3.95. The van der Waals surface area contributed by atoms with E-state index in [2.05, 4.69) is 16.6 Å². The van der Waals surface area contributed by atoms with Crippen LogP contribution in [0.15, 0.2) is 36.7 Å². The van der Waals surface area contributed by atoms with E-state index in [9.17, 15) is 9.59 Å². The van der Waals surface area contributed by atoms with Crippen molar-refractivity contribution in [3.8, 4) is 5.75 Å². The SMILES string of the molecule is CCCSNc1ccc(C(=O)N2CCN(C(=O)c3cncc(Cl)c3)CC2)cc1OC. The average Bonchev–Trinajstić information content (AvgIpc) is 2.78. The van der Waals surface area contributed by atoms with Gasteiger partial charge in [-0.15, -0.1) is 0 Å². The van der Waals surface area contributed by atoms with Gasteiger partial charge >= 0.3 is 0 Å². The Balaban J connectivity index is 1.61. The first-order valence-electron chi connectivity index (χ1n) is 9.78. The summed E-state index contributed by atoms with van der Waals surface area (Å²) in [5.41, 5.74) is 1.87. The standard InChI is InChI=1S/C21H25ClN4O3S/c1-3-10-30-24-18-5-4-15(12-19(18)29-2)20(27)25-6-8-26(9-7-25)21(28)16-11-17(22)14-23-13-16/h4-5,11-14,24H,3,6-10H2,1-2H3. The number of nitrogens with zero attached hydrogens (tertiary/aromatic N) is 3. The third kappa shape index (κ3) is 5.37. The van der Waals surface area contributed by atoms with Crippen molar-refractivity contribution in [1.29, 1.82) is 0 Å². The molecule has 2 aromatic rings. The van der Waals surface area contributed by atoms with Crippen molar-refractivity contribution in [3.63, 3.8) is 0 Å². The number of hydrogen-bond acceptors (Lipinski definition) is 6. The van der Waals surface area contributed by atoms with E-state index in [0.717, 1.165) is 17.9 Å². The minimum absolute atomic E-state index is 0.0717. The van der Waals surface area contributed by atoms with Gasteiger partial charge in [0, 0.05) is 49.9 Å². The molecule has 0 spiro atoms. The Morgan fingerprint density at radius 1 is 1.10 bits per heavy atom. The lowest BCUT2D eigenvalue weighted by Gasteiger charge is -2.35. The molecule has 3 rings (SSSR count). The van der Waals surface area contributed by atoms with E-state index in [-0.39, 0.29) is 11.8 Å². The Bertz CT molecular complexity index is 904. The molecule has 0 bridgehead atoms. The third-order valence-electron chi connectivity index (χ3n) is 4.74. The first kappa shape index (κ1) is 22.2. The van der Waals surface area contributed by atoms with Crippen molar-refractivity contribution in [2.45, 2.75) is 13.3 Å². The number of methoxy groups -OCH3 is 1. The van der Waals surface area contributed by atoms with Crippen LogP contribution in [0.25, 0.3) is 0 Å². The lowest BCUT2D eigenvalue weighted by molar-refractivity contribution is 0.0535. The predicted molar refractivity (Wildman–Crippen MR) is 120 cm³/mol. The molecule has 1 saturated heterocycles. The second kappa shape index (κ2) is 10.5. The summed E-state index contributed by atoms with van der Waals surface area (Å²) >= 11 is 7.53. The maximum absolute atomic E-state index is 12.9. The number of carbonyl (C=O) groups excluding carboxylic acids is 2. The zero-order valence-corrected chi connectivity index (χ0v) is 18.6. The second-order valence-corrected chi connectivity index (χ2v) is 8.18. The van der Waals surface area contributed by atoms with Crippen LogP contribution in [0.4, 0.5) is 5.69 Å². The van der Waals surface area contributed by atoms with Crippen LogP contribution in [0.1, 0.15) is 34.1 Å². The van der Waals surface area contributed by atoms with E-state index < -0.39 is 0 Å². The van der Waals surface area contributed by atoms with Gasteiger partial charge < -0.3 is 19.3 Å². The molecule has 2 heterocycles. The average molecular weight is 449 g/mol. The number of rotatable bonds is 7. The number of piperazine rings is 1. The Labute approximate surface area is 185 Å². The van der Waals surface area contributed by atoms with E-state index in [1.807, 2.05) is 6.07 Å². The summed E-state index contributed by atoms with van der Waals surface area (Å²) in [5.74, 6) is 1.42. The van der Waals surface area contributed by atoms with Gasteiger partial charge in [-0.25, -0.2) is 0 Å². The molecule has 0 unspecified atom stereocenters. The Kier molecular flexibility index (Phi) is 7.81. The molecule has 2 amide bonds. The number of amides is 2. The Hall–Kier alpha value is -2.45. The van der Waals surface area contributed by atoms with Gasteiger partial charge in [-0.05, 0) is 30.7 Å². The van der Waals surface area contributed by atoms with Gasteiger partial charge in [-0.2, -0.15) is 0 Å². The smallest absolute Gasteiger partial charge is 0.255 e. The summed E-state index contributed by atoms with van der Waals surface area (Å²) in [5, 5.41) is 0.426. The molecule has 7 nitrogen and oxygen atoms in total. The molecular weight excluding hydrogens is 424 g/mol. The lowest BCUT2D eigenvalue weighted by atomic mass is 10.1. The van der Waals surface area contributed by atoms with Crippen molar-refractivity contribution < 1.29 is 14.3 Å². The number of halogens is 1. The van der Waals surface area contributed by atoms with Crippen LogP contribution >= 0.6 is 23.5 Å². The minimum Gasteiger partial charge on any atom is -0.495 e. The summed E-state index contributed by atoms with van der Waals surface area (Å²) in [6.45, 7) is 3.97. The van der Waals surface area contributed by atoms with Crippen LogP contribution in [0.3, 0.4) is 0 Å². The van der Waals surface area contributed by atoms with Crippen molar-refractivity contribution in [2.24, 2.45) is 0 Å². The van der Waals surface area contributed by atoms with Crippen LogP contribution in [0.5, 0.6) is 5.75 Å². The zero-order chi connectivity index (χ0) is 21.5. The van der Waals surface area contributed by atoms with Crippen molar-refractivity contribution >= 4 is 41.1 Å². The molecule has 1 aliphatic heterocycles. The molecule has 0 aliphatic carbocycles. The highest BCUT2D eigenvalue weighted by molar-refractivity contribution is 8.00. The highest BCUT2D eigenvalue weighted by atomic mass is 35.5. The lowest BCUT2D eigenvalue weighted by Crippen LogP contribution is -2.50. The van der Waals surface area contributed by atoms with Crippen LogP contribution in [-0.4, -0.2) is 65.6 Å². The number of nitrogens with one attached hydrogen (secondary N) is 1. The van der Waals surface area contributed by atoms with Gasteiger partial charge in [0.25, 0.3) is 11.8 Å². The largest absolute Gasteiger partial charge is 0.495 e. The number of carbonyl (C=O) groups is 2. The summed E-state index contributed by atoms with van der Waals surface area (Å²) in [4.78, 5) is 33.0. The molecule has 0 radical (unpaired) electrons. The quantitative estimate of drug-likeness (QED) is 0.512. The molecular formula is C21H25ClN4O3S. The predicted octanol–water partition coefficient (Wildman–Crippen LogP) is 3.81. The molecule has 1 aromatic carbocycles. The Morgan fingerprint density at radius 3 is 2.37 bits per heavy atom. The molecule has 1 N–H and O–H groups in total. The molecule has 1 fully saturated rings. The fraction of sp³-hybridized carbons (Fsp3) is 0.381. The summed E-state index contributed by atoms with van der Waals surface area (Å²) < 4.78 is 8.70. The van der Waals surface area contributed by atoms with Crippen LogP contribution < -0.4 is 9.46 Å². The molecule has 30 heavy (non-hydrogen) atoms. The maximum atomic E-state index is 12.9. The molecule has 1 aliphatic rings. The normalized spacial score (nSPS) is 13.8. The molecule has 0 atom stereocenters. The maximum Gasteiger partial charge on any atom is 0.255 e.